The molecule has 7 aliphatic rings. The van der Waals surface area contributed by atoms with Gasteiger partial charge in [0.1, 0.15) is 5.60 Å². The summed E-state index contributed by atoms with van der Waals surface area (Å²) in [5, 5.41) is 10.9. The topological polar surface area (TPSA) is 66.8 Å². The monoisotopic (exact) mass is 563 g/mol. The van der Waals surface area contributed by atoms with E-state index in [-0.39, 0.29) is 40.1 Å². The van der Waals surface area contributed by atoms with Crippen molar-refractivity contribution in [1.82, 2.24) is 4.90 Å². The van der Waals surface area contributed by atoms with Gasteiger partial charge in [-0.05, 0) is 67.8 Å². The van der Waals surface area contributed by atoms with Crippen molar-refractivity contribution in [2.45, 2.75) is 77.0 Å². The fraction of sp³-hybridized carbons (Fsp3) is 0.514. The van der Waals surface area contributed by atoms with Crippen LogP contribution in [0.2, 0.25) is 0 Å². The second-order valence-electron chi connectivity index (χ2n) is 14.7. The van der Waals surface area contributed by atoms with Crippen LogP contribution in [0.5, 0.6) is 0 Å². The quantitative estimate of drug-likeness (QED) is 0.318. The highest BCUT2D eigenvalue weighted by atomic mass is 16.6. The first-order valence-corrected chi connectivity index (χ1v) is 15.9. The average Bonchev–Trinajstić information content (AvgIpc) is 3.47. The van der Waals surface area contributed by atoms with Crippen molar-refractivity contribution in [3.05, 3.63) is 95.6 Å². The molecule has 1 saturated heterocycles. The predicted octanol–water partition coefficient (Wildman–Crippen LogP) is 7.12. The van der Waals surface area contributed by atoms with Gasteiger partial charge >= 0.3 is 6.09 Å². The molecule has 1 heterocycles. The molecule has 1 aliphatic heterocycles. The molecule has 2 aromatic rings. The average molecular weight is 564 g/mol. The Labute approximate surface area is 248 Å². The molecule has 1 amide bonds. The van der Waals surface area contributed by atoms with Crippen LogP contribution in [0.4, 0.5) is 4.79 Å². The van der Waals surface area contributed by atoms with Crippen LogP contribution < -0.4 is 0 Å². The van der Waals surface area contributed by atoms with Crippen molar-refractivity contribution < 1.29 is 19.4 Å². The highest BCUT2D eigenvalue weighted by molar-refractivity contribution is 6.10. The molecule has 6 aliphatic carbocycles. The number of carbonyl (C=O) groups excluding carboxylic acids is 2. The van der Waals surface area contributed by atoms with Crippen LogP contribution in [0, 0.1) is 33.5 Å². The zero-order valence-corrected chi connectivity index (χ0v) is 24.7. The number of aliphatic hydroxyl groups is 1. The molecular formula is C37H41NO4. The van der Waals surface area contributed by atoms with Crippen molar-refractivity contribution in [3.8, 4) is 0 Å². The van der Waals surface area contributed by atoms with Gasteiger partial charge in [-0.1, -0.05) is 92.7 Å². The van der Waals surface area contributed by atoms with Gasteiger partial charge in [0.25, 0.3) is 0 Å². The second-order valence-corrected chi connectivity index (χ2v) is 14.7. The highest BCUT2D eigenvalue weighted by Crippen LogP contribution is 2.79. The van der Waals surface area contributed by atoms with E-state index in [1.54, 1.807) is 0 Å². The number of ketones is 1. The van der Waals surface area contributed by atoms with Crippen LogP contribution >= 0.6 is 0 Å². The molecule has 218 valence electrons. The predicted molar refractivity (Wildman–Crippen MR) is 160 cm³/mol. The molecule has 0 unspecified atom stereocenters. The van der Waals surface area contributed by atoms with Gasteiger partial charge in [0, 0.05) is 33.9 Å². The van der Waals surface area contributed by atoms with E-state index in [0.29, 0.717) is 25.4 Å². The number of allylic oxidation sites excluding steroid dienone is 4. The van der Waals surface area contributed by atoms with Crippen LogP contribution in [0.1, 0.15) is 74.7 Å². The lowest BCUT2D eigenvalue weighted by Gasteiger charge is -2.71. The smallest absolute Gasteiger partial charge is 0.410 e. The Morgan fingerprint density at radius 3 is 2.33 bits per heavy atom. The maximum atomic E-state index is 14.6. The van der Waals surface area contributed by atoms with E-state index < -0.39 is 11.0 Å². The van der Waals surface area contributed by atoms with Crippen molar-refractivity contribution >= 4 is 11.9 Å². The van der Waals surface area contributed by atoms with Crippen LogP contribution in [0.3, 0.4) is 0 Å². The van der Waals surface area contributed by atoms with E-state index in [2.05, 4.69) is 44.2 Å². The van der Waals surface area contributed by atoms with Gasteiger partial charge in [0.05, 0.1) is 12.6 Å². The van der Waals surface area contributed by atoms with E-state index in [1.807, 2.05) is 53.4 Å². The summed E-state index contributed by atoms with van der Waals surface area (Å²) in [4.78, 5) is 29.9. The molecule has 2 aromatic carbocycles. The van der Waals surface area contributed by atoms with Gasteiger partial charge in [-0.2, -0.15) is 0 Å². The number of hydrogen-bond acceptors (Lipinski definition) is 4. The van der Waals surface area contributed by atoms with Gasteiger partial charge in [-0.15, -0.1) is 0 Å². The maximum absolute atomic E-state index is 14.6. The summed E-state index contributed by atoms with van der Waals surface area (Å²) in [6, 6.07) is 19.9. The molecule has 5 nitrogen and oxygen atoms in total. The Bertz CT molecular complexity index is 1520. The third kappa shape index (κ3) is 3.18. The molecule has 3 spiro atoms. The fourth-order valence-corrected chi connectivity index (χ4v) is 11.1. The minimum absolute atomic E-state index is 0.0236. The van der Waals surface area contributed by atoms with Crippen molar-refractivity contribution in [2.75, 3.05) is 6.54 Å². The Morgan fingerprint density at radius 2 is 1.57 bits per heavy atom. The number of ether oxygens (including phenoxy) is 1. The summed E-state index contributed by atoms with van der Waals surface area (Å²) in [6.07, 6.45) is 12.7. The third-order valence-corrected chi connectivity index (χ3v) is 13.2. The molecule has 4 fully saturated rings. The number of nitrogens with zero attached hydrogens (tertiary/aromatic N) is 1. The Kier molecular flexibility index (Phi) is 5.47. The molecule has 0 radical (unpaired) electrons. The molecule has 8 atom stereocenters. The van der Waals surface area contributed by atoms with Crippen molar-refractivity contribution in [1.29, 1.82) is 0 Å². The lowest BCUT2D eigenvalue weighted by Crippen LogP contribution is -2.67. The van der Waals surface area contributed by atoms with Gasteiger partial charge < -0.3 is 9.84 Å². The molecular weight excluding hydrogens is 522 g/mol. The van der Waals surface area contributed by atoms with Gasteiger partial charge in [0.15, 0.2) is 5.78 Å². The lowest BCUT2D eigenvalue weighted by atomic mass is 9.32. The molecule has 2 bridgehead atoms. The number of amides is 1. The Balaban J connectivity index is 1.23. The van der Waals surface area contributed by atoms with E-state index in [1.165, 1.54) is 0 Å². The van der Waals surface area contributed by atoms with Crippen LogP contribution in [-0.4, -0.2) is 40.1 Å². The number of Topliss-reactive ketones (excluding diaryl/α,β-unsaturated/α-hetero) is 1. The number of rotatable bonds is 4. The third-order valence-electron chi connectivity index (χ3n) is 13.2. The largest absolute Gasteiger partial charge is 0.440 e. The van der Waals surface area contributed by atoms with Crippen LogP contribution in [0.15, 0.2) is 84.5 Å². The molecule has 1 N–H and O–H groups in total. The maximum Gasteiger partial charge on any atom is 0.410 e. The molecule has 3 saturated carbocycles. The molecule has 42 heavy (non-hydrogen) atoms. The first-order valence-electron chi connectivity index (χ1n) is 15.9. The Morgan fingerprint density at radius 1 is 0.905 bits per heavy atom. The summed E-state index contributed by atoms with van der Waals surface area (Å²) in [5.41, 5.74) is 1.19. The second kappa shape index (κ2) is 8.69. The summed E-state index contributed by atoms with van der Waals surface area (Å²) >= 11 is 0. The zero-order chi connectivity index (χ0) is 29.0. The fourth-order valence-electron chi connectivity index (χ4n) is 11.1. The molecule has 9 rings (SSSR count). The van der Waals surface area contributed by atoms with Crippen molar-refractivity contribution in [3.63, 3.8) is 0 Å². The first kappa shape index (κ1) is 26.4. The Hall–Kier alpha value is -3.18. The first-order chi connectivity index (χ1) is 20.2. The van der Waals surface area contributed by atoms with Crippen LogP contribution in [-0.2, 0) is 11.3 Å². The zero-order valence-electron chi connectivity index (χ0n) is 24.7. The van der Waals surface area contributed by atoms with E-state index in [0.717, 1.165) is 55.2 Å². The van der Waals surface area contributed by atoms with Gasteiger partial charge in [-0.25, -0.2) is 4.79 Å². The van der Waals surface area contributed by atoms with E-state index >= 15 is 0 Å². The minimum Gasteiger partial charge on any atom is -0.440 e. The highest BCUT2D eigenvalue weighted by Gasteiger charge is 2.76. The summed E-state index contributed by atoms with van der Waals surface area (Å²) in [5.74, 6) is 0.608. The number of hydrogen-bond donors (Lipinski definition) is 1. The van der Waals surface area contributed by atoms with Gasteiger partial charge in [-0.3, -0.25) is 9.69 Å². The van der Waals surface area contributed by atoms with E-state index in [9.17, 15) is 14.7 Å². The van der Waals surface area contributed by atoms with Gasteiger partial charge in [0.2, 0.25) is 0 Å². The number of carbonyl (C=O) groups is 2. The number of aliphatic hydroxyl groups excluding tert-OH is 1. The van der Waals surface area contributed by atoms with E-state index in [4.69, 9.17) is 4.74 Å². The molecule has 0 aromatic heterocycles. The summed E-state index contributed by atoms with van der Waals surface area (Å²) < 4.78 is 6.50. The van der Waals surface area contributed by atoms with Crippen LogP contribution in [0.25, 0.3) is 0 Å². The summed E-state index contributed by atoms with van der Waals surface area (Å²) in [7, 11) is 0. The molecule has 5 heteroatoms. The number of benzene rings is 2. The minimum atomic E-state index is -0.562. The number of fused-ring (bicyclic) bond motifs is 2. The summed E-state index contributed by atoms with van der Waals surface area (Å²) in [6.45, 7) is 5.94. The lowest BCUT2D eigenvalue weighted by molar-refractivity contribution is -0.164. The standard InChI is InChI=1S/C37H41NO4/c1-33-16-13-27(39)21-35(33)19-20-37(28(22-35)31(40)26-11-7-4-8-12-26)29(33)14-17-34(2)30(37)15-18-36(34)24-38(32(41)42-36)23-25-9-5-3-6-10-25/h3-12,19-20,22,27,29-30,39H,13-18,21,23-24H2,1-2H3/t27-,29+,30+,33+,34-,35-,36+,37-/m0/s1. The SMILES string of the molecule is C[C@]12CC[C@H]3[C@@]4(C=C[C@@]5(C=C4C(=O)c4ccccc4)C[C@@H](O)CC[C@]35C)[C@@H]1CC[C@@]21CN(Cc2ccccc2)C(=O)O1. The van der Waals surface area contributed by atoms with Crippen molar-refractivity contribution in [2.24, 2.45) is 33.5 Å². The normalized spacial score (nSPS) is 43.0.